The van der Waals surface area contributed by atoms with Crippen LogP contribution in [0.15, 0.2) is 72.8 Å². The number of aryl methyl sites for hydroxylation is 1. The molecule has 3 aromatic carbocycles. The van der Waals surface area contributed by atoms with E-state index in [-0.39, 0.29) is 24.3 Å². The van der Waals surface area contributed by atoms with Crippen molar-refractivity contribution < 1.29 is 23.9 Å². The Kier molecular flexibility index (Phi) is 12.1. The molecule has 1 saturated heterocycles. The SMILES string of the molecule is CNC(=O)Nc1ccc(-c2ccc(C[C@H](CC(=O)N3CCC[C@@H](c4nc5ccccc5n4CCCOC)C3)NC(=O)OC(C)(C)C)cc2)cc1. The van der Waals surface area contributed by atoms with Crippen LogP contribution in [0.1, 0.15) is 63.8 Å². The Morgan fingerprint density at radius 3 is 2.36 bits per heavy atom. The predicted molar refractivity (Wildman–Crippen MR) is 196 cm³/mol. The van der Waals surface area contributed by atoms with E-state index in [0.717, 1.165) is 59.4 Å². The second-order valence-electron chi connectivity index (χ2n) is 13.9. The molecule has 2 heterocycles. The zero-order valence-corrected chi connectivity index (χ0v) is 29.8. The fourth-order valence-corrected chi connectivity index (χ4v) is 6.47. The standard InChI is InChI=1S/C39H50N6O5/c1-39(2,3)50-38(48)42-32(24-27-13-15-28(16-14-27)29-17-19-31(20-18-29)41-37(47)40-4)25-35(46)44-21-8-10-30(26-44)36-43-33-11-6-7-12-34(33)45(36)22-9-23-49-5/h6-7,11-20,30,32H,8-10,21-26H2,1-5H3,(H,42,48)(H2,40,41,47)/t30-,32-/m1/s1. The van der Waals surface area contributed by atoms with Crippen molar-refractivity contribution in [1.82, 2.24) is 25.1 Å². The molecule has 4 amide bonds. The van der Waals surface area contributed by atoms with Gasteiger partial charge >= 0.3 is 12.1 Å². The first-order chi connectivity index (χ1) is 24.0. The summed E-state index contributed by atoms with van der Waals surface area (Å²) in [7, 11) is 3.29. The van der Waals surface area contributed by atoms with Gasteiger partial charge in [-0.3, -0.25) is 4.79 Å². The number of amides is 4. The van der Waals surface area contributed by atoms with Crippen molar-refractivity contribution in [3.8, 4) is 11.1 Å². The van der Waals surface area contributed by atoms with Gasteiger partial charge in [0, 0.05) is 64.5 Å². The first-order valence-electron chi connectivity index (χ1n) is 17.4. The average molecular weight is 683 g/mol. The molecule has 0 spiro atoms. The zero-order valence-electron chi connectivity index (χ0n) is 29.8. The number of carbonyl (C=O) groups excluding carboxylic acids is 3. The van der Waals surface area contributed by atoms with E-state index >= 15 is 0 Å². The topological polar surface area (TPSA) is 127 Å². The number of rotatable bonds is 12. The molecule has 50 heavy (non-hydrogen) atoms. The lowest BCUT2D eigenvalue weighted by atomic mass is 9.95. The highest BCUT2D eigenvalue weighted by atomic mass is 16.6. The van der Waals surface area contributed by atoms with Crippen LogP contribution in [0.25, 0.3) is 22.2 Å². The Morgan fingerprint density at radius 2 is 1.68 bits per heavy atom. The van der Waals surface area contributed by atoms with Crippen molar-refractivity contribution in [3.05, 3.63) is 84.2 Å². The van der Waals surface area contributed by atoms with Gasteiger partial charge in [-0.05, 0) is 87.4 Å². The van der Waals surface area contributed by atoms with Gasteiger partial charge in [-0.2, -0.15) is 0 Å². The second kappa shape index (κ2) is 16.7. The summed E-state index contributed by atoms with van der Waals surface area (Å²) in [5.41, 5.74) is 5.11. The van der Waals surface area contributed by atoms with Gasteiger partial charge in [0.2, 0.25) is 5.91 Å². The monoisotopic (exact) mass is 682 g/mol. The molecule has 11 heteroatoms. The lowest BCUT2D eigenvalue weighted by molar-refractivity contribution is -0.133. The largest absolute Gasteiger partial charge is 0.444 e. The van der Waals surface area contributed by atoms with Crippen LogP contribution in [-0.4, -0.2) is 78.0 Å². The van der Waals surface area contributed by atoms with Gasteiger partial charge in [-0.1, -0.05) is 48.5 Å². The third-order valence-corrected chi connectivity index (χ3v) is 8.83. The number of urea groups is 1. The number of nitrogens with zero attached hydrogens (tertiary/aromatic N) is 3. The van der Waals surface area contributed by atoms with Crippen molar-refractivity contribution in [1.29, 1.82) is 0 Å². The molecule has 4 aromatic rings. The van der Waals surface area contributed by atoms with Crippen LogP contribution in [0.2, 0.25) is 0 Å². The summed E-state index contributed by atoms with van der Waals surface area (Å²) in [5, 5.41) is 8.29. The fraction of sp³-hybridized carbons (Fsp3) is 0.436. The summed E-state index contributed by atoms with van der Waals surface area (Å²) in [6.45, 7) is 8.19. The summed E-state index contributed by atoms with van der Waals surface area (Å²) in [5.74, 6) is 1.13. The van der Waals surface area contributed by atoms with Gasteiger partial charge < -0.3 is 34.9 Å². The molecule has 1 aromatic heterocycles. The molecule has 1 aliphatic rings. The van der Waals surface area contributed by atoms with E-state index in [4.69, 9.17) is 14.5 Å². The summed E-state index contributed by atoms with van der Waals surface area (Å²) in [6.07, 6.45) is 2.78. The van der Waals surface area contributed by atoms with Gasteiger partial charge in [0.15, 0.2) is 0 Å². The Balaban J connectivity index is 1.29. The highest BCUT2D eigenvalue weighted by Gasteiger charge is 2.30. The van der Waals surface area contributed by atoms with E-state index in [9.17, 15) is 14.4 Å². The number of piperidine rings is 1. The summed E-state index contributed by atoms with van der Waals surface area (Å²) >= 11 is 0. The molecule has 0 aliphatic carbocycles. The van der Waals surface area contributed by atoms with Crippen molar-refractivity contribution >= 4 is 34.8 Å². The number of hydrogen-bond donors (Lipinski definition) is 3. The molecule has 0 saturated carbocycles. The van der Waals surface area contributed by atoms with Crippen LogP contribution in [0.4, 0.5) is 15.3 Å². The highest BCUT2D eigenvalue weighted by Crippen LogP contribution is 2.30. The smallest absolute Gasteiger partial charge is 0.407 e. The first-order valence-corrected chi connectivity index (χ1v) is 17.4. The quantitative estimate of drug-likeness (QED) is 0.142. The number of aromatic nitrogens is 2. The Labute approximate surface area is 294 Å². The Hall–Kier alpha value is -4.90. The van der Waals surface area contributed by atoms with Gasteiger partial charge in [0.1, 0.15) is 11.4 Å². The number of anilines is 1. The van der Waals surface area contributed by atoms with Crippen LogP contribution < -0.4 is 16.0 Å². The minimum atomic E-state index is -0.666. The molecule has 0 radical (unpaired) electrons. The van der Waals surface area contributed by atoms with Gasteiger partial charge in [-0.15, -0.1) is 0 Å². The van der Waals surface area contributed by atoms with E-state index < -0.39 is 17.7 Å². The molecule has 1 aliphatic heterocycles. The third kappa shape index (κ3) is 9.84. The number of imidazole rings is 1. The maximum atomic E-state index is 13.9. The minimum absolute atomic E-state index is 0.000114. The highest BCUT2D eigenvalue weighted by molar-refractivity contribution is 5.89. The summed E-state index contributed by atoms with van der Waals surface area (Å²) < 4.78 is 13.2. The van der Waals surface area contributed by atoms with Crippen LogP contribution in [0.5, 0.6) is 0 Å². The van der Waals surface area contributed by atoms with Crippen molar-refractivity contribution in [3.63, 3.8) is 0 Å². The number of alkyl carbamates (subject to hydrolysis) is 1. The maximum absolute atomic E-state index is 13.9. The summed E-state index contributed by atoms with van der Waals surface area (Å²) in [4.78, 5) is 45.4. The number of benzene rings is 3. The molecule has 3 N–H and O–H groups in total. The molecule has 0 bridgehead atoms. The van der Waals surface area contributed by atoms with Crippen LogP contribution in [0, 0.1) is 0 Å². The molecular weight excluding hydrogens is 632 g/mol. The lowest BCUT2D eigenvalue weighted by Crippen LogP contribution is -2.46. The van der Waals surface area contributed by atoms with Gasteiger partial charge in [0.25, 0.3) is 0 Å². The van der Waals surface area contributed by atoms with Crippen LogP contribution in [-0.2, 0) is 27.2 Å². The molecule has 11 nitrogen and oxygen atoms in total. The van der Waals surface area contributed by atoms with Crippen LogP contribution in [0.3, 0.4) is 0 Å². The molecule has 2 atom stereocenters. The fourth-order valence-electron chi connectivity index (χ4n) is 6.47. The Morgan fingerprint density at radius 1 is 0.980 bits per heavy atom. The van der Waals surface area contributed by atoms with E-state index in [1.54, 1.807) is 14.2 Å². The van der Waals surface area contributed by atoms with E-state index in [0.29, 0.717) is 31.8 Å². The van der Waals surface area contributed by atoms with Crippen molar-refractivity contribution in [2.75, 3.05) is 39.2 Å². The minimum Gasteiger partial charge on any atom is -0.444 e. The number of methoxy groups -OCH3 is 1. The number of fused-ring (bicyclic) bond motifs is 1. The predicted octanol–water partition coefficient (Wildman–Crippen LogP) is 6.72. The average Bonchev–Trinajstić information content (AvgIpc) is 3.46. The number of hydrogen-bond acceptors (Lipinski definition) is 6. The van der Waals surface area contributed by atoms with E-state index in [1.165, 1.54) is 0 Å². The van der Waals surface area contributed by atoms with Gasteiger partial charge in [0.05, 0.1) is 11.0 Å². The number of ether oxygens (including phenoxy) is 2. The van der Waals surface area contributed by atoms with E-state index in [1.807, 2.05) is 92.4 Å². The molecule has 266 valence electrons. The molecular formula is C39H50N6O5. The number of carbonyl (C=O) groups is 3. The molecule has 0 unspecified atom stereocenters. The van der Waals surface area contributed by atoms with E-state index in [2.05, 4.69) is 26.6 Å². The number of nitrogens with one attached hydrogen (secondary N) is 3. The number of para-hydroxylation sites is 2. The third-order valence-electron chi connectivity index (χ3n) is 8.83. The zero-order chi connectivity index (χ0) is 35.7. The molecule has 1 fully saturated rings. The van der Waals surface area contributed by atoms with Crippen molar-refractivity contribution in [2.24, 2.45) is 0 Å². The maximum Gasteiger partial charge on any atom is 0.407 e. The Bertz CT molecular complexity index is 1750. The molecule has 5 rings (SSSR count). The van der Waals surface area contributed by atoms with Gasteiger partial charge in [-0.25, -0.2) is 14.6 Å². The summed E-state index contributed by atoms with van der Waals surface area (Å²) in [6, 6.07) is 23.2. The van der Waals surface area contributed by atoms with Crippen molar-refractivity contribution in [2.45, 2.75) is 77.0 Å². The first kappa shape index (κ1) is 36.4. The second-order valence-corrected chi connectivity index (χ2v) is 13.9. The normalized spacial score (nSPS) is 15.4. The van der Waals surface area contributed by atoms with Crippen LogP contribution >= 0.6 is 0 Å². The number of likely N-dealkylation sites (tertiary alicyclic amines) is 1. The lowest BCUT2D eigenvalue weighted by Gasteiger charge is -2.34.